The van der Waals surface area contributed by atoms with E-state index in [1.165, 1.54) is 0 Å². The molecule has 8 heteroatoms. The average molecular weight is 480 g/mol. The van der Waals surface area contributed by atoms with Crippen LogP contribution in [0, 0.1) is 35.5 Å². The van der Waals surface area contributed by atoms with E-state index in [9.17, 15) is 9.18 Å². The lowest BCUT2D eigenvalue weighted by atomic mass is 9.62. The van der Waals surface area contributed by atoms with Gasteiger partial charge in [0.25, 0.3) is 0 Å². The van der Waals surface area contributed by atoms with E-state index in [1.54, 1.807) is 7.11 Å². The van der Waals surface area contributed by atoms with Gasteiger partial charge in [0.15, 0.2) is 5.96 Å². The maximum atomic E-state index is 14.4. The zero-order valence-electron chi connectivity index (χ0n) is 21.3. The number of guanidine groups is 1. The minimum atomic E-state index is -0.684. The van der Waals surface area contributed by atoms with Gasteiger partial charge in [0.05, 0.1) is 12.6 Å². The number of alkyl halides is 1. The number of carbonyl (C=O) groups excluding carboxylic acids is 1. The predicted molar refractivity (Wildman–Crippen MR) is 133 cm³/mol. The fraction of sp³-hybridized carbons (Fsp3) is 0.923. The molecular weight excluding hydrogens is 433 g/mol. The zero-order chi connectivity index (χ0) is 24.1. The molecule has 2 aliphatic heterocycles. The van der Waals surface area contributed by atoms with Crippen molar-refractivity contribution in [3.8, 4) is 0 Å². The van der Waals surface area contributed by atoms with E-state index in [4.69, 9.17) is 4.74 Å². The lowest BCUT2D eigenvalue weighted by molar-refractivity contribution is -0.128. The van der Waals surface area contributed by atoms with Gasteiger partial charge in [-0.25, -0.2) is 4.39 Å². The van der Waals surface area contributed by atoms with E-state index in [0.29, 0.717) is 36.6 Å². The maximum absolute atomic E-state index is 14.4. The Morgan fingerprint density at radius 2 is 1.94 bits per heavy atom. The molecule has 0 radical (unpaired) electrons. The Morgan fingerprint density at radius 3 is 2.71 bits per heavy atom. The van der Waals surface area contributed by atoms with Crippen LogP contribution in [0.3, 0.4) is 0 Å². The predicted octanol–water partition coefficient (Wildman–Crippen LogP) is 2.47. The Balaban J connectivity index is 1.37. The van der Waals surface area contributed by atoms with Crippen molar-refractivity contribution in [2.75, 3.05) is 39.8 Å². The number of hydrogen-bond donors (Lipinski definition) is 4. The second-order valence-electron chi connectivity index (χ2n) is 11.5. The molecule has 4 N–H and O–H groups in total. The number of carbonyl (C=O) groups is 1. The van der Waals surface area contributed by atoms with Crippen LogP contribution in [0.2, 0.25) is 0 Å². The van der Waals surface area contributed by atoms with Crippen LogP contribution in [0.15, 0.2) is 4.99 Å². The maximum Gasteiger partial charge on any atom is 0.223 e. The van der Waals surface area contributed by atoms with Crippen molar-refractivity contribution >= 4 is 11.9 Å². The second kappa shape index (κ2) is 12.0. The van der Waals surface area contributed by atoms with Gasteiger partial charge in [0, 0.05) is 38.7 Å². The topological polar surface area (TPSA) is 86.8 Å². The molecule has 3 fully saturated rings. The molecule has 1 amide bonds. The highest BCUT2D eigenvalue weighted by Gasteiger charge is 2.42. The smallest absolute Gasteiger partial charge is 0.223 e. The van der Waals surface area contributed by atoms with Crippen molar-refractivity contribution < 1.29 is 13.9 Å². The van der Waals surface area contributed by atoms with Gasteiger partial charge >= 0.3 is 0 Å². The standard InChI is InChI=1S/C26H46FN5O2/c1-16-9-24(27)17(2)8-23(16)19-10-18(14-32-26-29-6-7-30-26)11-20(12-19)25(33)31-15-21-13-22(34-3)4-5-28-21/h16-24,28H,4-15H2,1-3H3,(H,31,33)(H2,29,30,32). The summed E-state index contributed by atoms with van der Waals surface area (Å²) in [6, 6.07) is 0.270. The number of halogens is 1. The van der Waals surface area contributed by atoms with Gasteiger partial charge in [-0.1, -0.05) is 13.8 Å². The number of rotatable bonds is 7. The number of ether oxygens (including phenoxy) is 1. The number of amides is 1. The van der Waals surface area contributed by atoms with Gasteiger partial charge in [-0.15, -0.1) is 0 Å². The highest BCUT2D eigenvalue weighted by Crippen LogP contribution is 2.46. The molecule has 0 aromatic rings. The molecule has 0 aromatic carbocycles. The van der Waals surface area contributed by atoms with Crippen LogP contribution >= 0.6 is 0 Å². The van der Waals surface area contributed by atoms with Crippen molar-refractivity contribution in [1.82, 2.24) is 21.3 Å². The van der Waals surface area contributed by atoms with E-state index in [0.717, 1.165) is 70.7 Å². The molecule has 9 unspecified atom stereocenters. The minimum absolute atomic E-state index is 0.0245. The first kappa shape index (κ1) is 25.7. The summed E-state index contributed by atoms with van der Waals surface area (Å²) in [5.41, 5.74) is 0. The van der Waals surface area contributed by atoms with Crippen LogP contribution in [0.1, 0.15) is 58.8 Å². The Labute approximate surface area is 204 Å². The van der Waals surface area contributed by atoms with Crippen LogP contribution in [-0.4, -0.2) is 70.0 Å². The monoisotopic (exact) mass is 479 g/mol. The molecule has 194 valence electrons. The highest BCUT2D eigenvalue weighted by atomic mass is 19.1. The Hall–Kier alpha value is -1.41. The number of nitrogens with one attached hydrogen (secondary N) is 4. The third-order valence-electron chi connectivity index (χ3n) is 8.94. The van der Waals surface area contributed by atoms with Crippen molar-refractivity contribution in [2.24, 2.45) is 40.5 Å². The number of aliphatic imine (C=N–C) groups is 1. The van der Waals surface area contributed by atoms with E-state index < -0.39 is 6.17 Å². The molecule has 2 aliphatic carbocycles. The van der Waals surface area contributed by atoms with Gasteiger partial charge in [-0.05, 0) is 81.1 Å². The molecule has 1 saturated heterocycles. The van der Waals surface area contributed by atoms with E-state index in [1.807, 2.05) is 0 Å². The molecule has 0 aromatic heterocycles. The Morgan fingerprint density at radius 1 is 1.09 bits per heavy atom. The molecule has 9 atom stereocenters. The average Bonchev–Trinajstić information content (AvgIpc) is 3.37. The van der Waals surface area contributed by atoms with Crippen LogP contribution in [0.25, 0.3) is 0 Å². The summed E-state index contributed by atoms with van der Waals surface area (Å²) in [7, 11) is 1.77. The third-order valence-corrected chi connectivity index (χ3v) is 8.94. The van der Waals surface area contributed by atoms with Gasteiger partial charge in [0.1, 0.15) is 6.17 Å². The molecule has 2 heterocycles. The summed E-state index contributed by atoms with van der Waals surface area (Å²) >= 11 is 0. The first-order valence-corrected chi connectivity index (χ1v) is 13.6. The van der Waals surface area contributed by atoms with Crippen LogP contribution in [-0.2, 0) is 9.53 Å². The summed E-state index contributed by atoms with van der Waals surface area (Å²) in [6.45, 7) is 8.42. The van der Waals surface area contributed by atoms with E-state index >= 15 is 0 Å². The number of piperidine rings is 1. The number of methoxy groups -OCH3 is 1. The fourth-order valence-corrected chi connectivity index (χ4v) is 6.91. The Kier molecular flexibility index (Phi) is 9.08. The molecule has 0 spiro atoms. The quantitative estimate of drug-likeness (QED) is 0.451. The van der Waals surface area contributed by atoms with Crippen molar-refractivity contribution in [1.29, 1.82) is 0 Å². The van der Waals surface area contributed by atoms with Crippen LogP contribution in [0.5, 0.6) is 0 Å². The summed E-state index contributed by atoms with van der Waals surface area (Å²) in [5.74, 6) is 3.01. The molecule has 2 saturated carbocycles. The van der Waals surface area contributed by atoms with E-state index in [-0.39, 0.29) is 29.9 Å². The number of nitrogens with zero attached hydrogens (tertiary/aromatic N) is 1. The summed E-state index contributed by atoms with van der Waals surface area (Å²) in [5, 5.41) is 13.5. The highest BCUT2D eigenvalue weighted by molar-refractivity contribution is 5.81. The fourth-order valence-electron chi connectivity index (χ4n) is 6.91. The molecule has 4 rings (SSSR count). The van der Waals surface area contributed by atoms with Crippen LogP contribution in [0.4, 0.5) is 4.39 Å². The van der Waals surface area contributed by atoms with Crippen molar-refractivity contribution in [2.45, 2.75) is 77.1 Å². The normalized spacial score (nSPS) is 40.8. The number of hydrogen-bond acceptors (Lipinski definition) is 6. The molecule has 4 aliphatic rings. The van der Waals surface area contributed by atoms with Gasteiger partial charge < -0.3 is 26.0 Å². The minimum Gasteiger partial charge on any atom is -0.381 e. The zero-order valence-corrected chi connectivity index (χ0v) is 21.3. The first-order valence-electron chi connectivity index (χ1n) is 13.6. The summed E-state index contributed by atoms with van der Waals surface area (Å²) < 4.78 is 19.9. The first-order chi connectivity index (χ1) is 16.4. The van der Waals surface area contributed by atoms with Gasteiger partial charge in [0.2, 0.25) is 5.91 Å². The summed E-state index contributed by atoms with van der Waals surface area (Å²) in [4.78, 5) is 17.8. The molecule has 0 bridgehead atoms. The second-order valence-corrected chi connectivity index (χ2v) is 11.5. The molecule has 34 heavy (non-hydrogen) atoms. The van der Waals surface area contributed by atoms with Crippen molar-refractivity contribution in [3.05, 3.63) is 0 Å². The lowest BCUT2D eigenvalue weighted by Gasteiger charge is -2.44. The molecule has 7 nitrogen and oxygen atoms in total. The summed E-state index contributed by atoms with van der Waals surface area (Å²) in [6.07, 6.45) is 6.11. The van der Waals surface area contributed by atoms with Crippen LogP contribution < -0.4 is 21.3 Å². The van der Waals surface area contributed by atoms with Gasteiger partial charge in [-0.2, -0.15) is 0 Å². The SMILES string of the molecule is COC1CCNC(CNC(=O)C2CC(CNC3=NCCN3)CC(C3CC(C)C(F)CC3C)C2)C1. The molecular formula is C26H46FN5O2. The largest absolute Gasteiger partial charge is 0.381 e. The van der Waals surface area contributed by atoms with E-state index in [2.05, 4.69) is 40.1 Å². The lowest BCUT2D eigenvalue weighted by Crippen LogP contribution is -2.49. The third kappa shape index (κ3) is 6.62. The Bertz CT molecular complexity index is 707. The van der Waals surface area contributed by atoms with Gasteiger partial charge in [-0.3, -0.25) is 9.79 Å². The van der Waals surface area contributed by atoms with Crippen molar-refractivity contribution in [3.63, 3.8) is 0 Å².